The Hall–Kier alpha value is -1.58. The minimum atomic E-state index is -3.88. The van der Waals surface area contributed by atoms with Crippen molar-refractivity contribution >= 4 is 37.1 Å². The number of sulfonamides is 1. The first kappa shape index (κ1) is 14.8. The van der Waals surface area contributed by atoms with E-state index in [4.69, 9.17) is 11.6 Å². The molecule has 0 spiro atoms. The largest absolute Gasteiger partial charge is 0.284 e. The van der Waals surface area contributed by atoms with Crippen molar-refractivity contribution in [3.05, 3.63) is 35.6 Å². The van der Waals surface area contributed by atoms with E-state index in [1.165, 1.54) is 18.3 Å². The summed E-state index contributed by atoms with van der Waals surface area (Å²) in [5.74, 6) is 0. The van der Waals surface area contributed by atoms with Gasteiger partial charge in [0.2, 0.25) is 0 Å². The Morgan fingerprint density at radius 2 is 1.90 bits per heavy atom. The van der Waals surface area contributed by atoms with E-state index in [2.05, 4.69) is 14.9 Å². The molecule has 2 aromatic rings. The molecule has 0 saturated carbocycles. The van der Waals surface area contributed by atoms with E-state index >= 15 is 0 Å². The van der Waals surface area contributed by atoms with Crippen LogP contribution in [0.3, 0.4) is 0 Å². The van der Waals surface area contributed by atoms with Gasteiger partial charge in [0.25, 0.3) is 10.0 Å². The van der Waals surface area contributed by atoms with E-state index in [0.29, 0.717) is 0 Å². The number of aromatic amines is 1. The Balaban J connectivity index is 2.44. The minimum absolute atomic E-state index is 0.0178. The summed E-state index contributed by atoms with van der Waals surface area (Å²) in [7, 11) is -7.34. The molecule has 2 rings (SSSR count). The summed E-state index contributed by atoms with van der Waals surface area (Å²) in [6.07, 6.45) is 3.33. The average Bonchev–Trinajstić information content (AvgIpc) is 2.84. The van der Waals surface area contributed by atoms with Crippen molar-refractivity contribution in [3.8, 4) is 0 Å². The third-order valence-electron chi connectivity index (χ3n) is 2.39. The van der Waals surface area contributed by atoms with Gasteiger partial charge in [-0.1, -0.05) is 11.6 Å². The molecule has 0 fully saturated rings. The summed E-state index contributed by atoms with van der Waals surface area (Å²) in [5, 5.41) is 6.00. The molecule has 1 aromatic heterocycles. The van der Waals surface area contributed by atoms with E-state index in [1.807, 2.05) is 0 Å². The van der Waals surface area contributed by atoms with Gasteiger partial charge >= 0.3 is 0 Å². The van der Waals surface area contributed by atoms with E-state index in [9.17, 15) is 16.8 Å². The molecule has 0 amide bonds. The Morgan fingerprint density at radius 3 is 2.45 bits per heavy atom. The number of H-pyrrole nitrogens is 1. The first-order valence-electron chi connectivity index (χ1n) is 5.21. The number of hydrogen-bond donors (Lipinski definition) is 2. The SMILES string of the molecule is CS(=O)(=O)c1ccc(Cl)c(NS(=O)(=O)c2cn[nH]c2)c1. The van der Waals surface area contributed by atoms with Gasteiger partial charge in [0.1, 0.15) is 4.90 Å². The van der Waals surface area contributed by atoms with Crippen molar-refractivity contribution in [2.24, 2.45) is 0 Å². The highest BCUT2D eigenvalue weighted by atomic mass is 35.5. The standard InChI is InChI=1S/C10H10ClN3O4S2/c1-19(15,16)7-2-3-9(11)10(4-7)14-20(17,18)8-5-12-13-6-8/h2-6,14H,1H3,(H,12,13). The fourth-order valence-corrected chi connectivity index (χ4v) is 3.25. The Kier molecular flexibility index (Phi) is 3.76. The number of aromatic nitrogens is 2. The summed E-state index contributed by atoms with van der Waals surface area (Å²) in [5.41, 5.74) is -0.0178. The van der Waals surface area contributed by atoms with Crippen LogP contribution in [0.4, 0.5) is 5.69 Å². The normalized spacial score (nSPS) is 12.3. The first-order valence-corrected chi connectivity index (χ1v) is 8.96. The topological polar surface area (TPSA) is 109 Å². The second kappa shape index (κ2) is 5.08. The predicted molar refractivity (Wildman–Crippen MR) is 74.0 cm³/mol. The average molecular weight is 336 g/mol. The number of hydrogen-bond acceptors (Lipinski definition) is 5. The van der Waals surface area contributed by atoms with Crippen LogP contribution in [-0.4, -0.2) is 33.3 Å². The fraction of sp³-hybridized carbons (Fsp3) is 0.100. The maximum Gasteiger partial charge on any atom is 0.265 e. The Morgan fingerprint density at radius 1 is 1.20 bits per heavy atom. The summed E-state index contributed by atoms with van der Waals surface area (Å²) >= 11 is 5.87. The van der Waals surface area contributed by atoms with Crippen LogP contribution in [0.5, 0.6) is 0 Å². The molecular weight excluding hydrogens is 326 g/mol. The second-order valence-corrected chi connectivity index (χ2v) is 8.06. The predicted octanol–water partition coefficient (Wildman–Crippen LogP) is 1.27. The van der Waals surface area contributed by atoms with Crippen molar-refractivity contribution in [2.75, 3.05) is 11.0 Å². The maximum atomic E-state index is 12.0. The van der Waals surface area contributed by atoms with Gasteiger partial charge in [-0.05, 0) is 18.2 Å². The van der Waals surface area contributed by atoms with E-state index in [-0.39, 0.29) is 20.5 Å². The molecule has 10 heteroatoms. The van der Waals surface area contributed by atoms with Gasteiger partial charge in [-0.25, -0.2) is 16.8 Å². The van der Waals surface area contributed by atoms with Crippen molar-refractivity contribution in [1.82, 2.24) is 10.2 Å². The molecule has 0 aliphatic rings. The first-order chi connectivity index (χ1) is 9.20. The number of halogens is 1. The molecule has 108 valence electrons. The lowest BCUT2D eigenvalue weighted by Crippen LogP contribution is -2.13. The number of nitrogens with one attached hydrogen (secondary N) is 2. The molecule has 1 heterocycles. The van der Waals surface area contributed by atoms with Crippen LogP contribution in [0.25, 0.3) is 0 Å². The van der Waals surface area contributed by atoms with Gasteiger partial charge in [-0.3, -0.25) is 9.82 Å². The third kappa shape index (κ3) is 3.11. The lowest BCUT2D eigenvalue weighted by molar-refractivity contribution is 0.599. The summed E-state index contributed by atoms with van der Waals surface area (Å²) in [6.45, 7) is 0. The minimum Gasteiger partial charge on any atom is -0.284 e. The second-order valence-electron chi connectivity index (χ2n) is 3.95. The molecular formula is C10H10ClN3O4S2. The lowest BCUT2D eigenvalue weighted by atomic mass is 10.3. The lowest BCUT2D eigenvalue weighted by Gasteiger charge is -2.09. The van der Waals surface area contributed by atoms with Crippen molar-refractivity contribution in [3.63, 3.8) is 0 Å². The van der Waals surface area contributed by atoms with Crippen LogP contribution in [0, 0.1) is 0 Å². The smallest absolute Gasteiger partial charge is 0.265 e. The van der Waals surface area contributed by atoms with Gasteiger partial charge in [-0.2, -0.15) is 5.10 Å². The quantitative estimate of drug-likeness (QED) is 0.874. The van der Waals surface area contributed by atoms with Gasteiger partial charge in [0, 0.05) is 12.5 Å². The zero-order chi connectivity index (χ0) is 15.0. The monoisotopic (exact) mass is 335 g/mol. The number of nitrogens with zero attached hydrogens (tertiary/aromatic N) is 1. The molecule has 0 saturated heterocycles. The fourth-order valence-electron chi connectivity index (χ4n) is 1.40. The van der Waals surface area contributed by atoms with Gasteiger partial charge in [0.05, 0.1) is 21.8 Å². The highest BCUT2D eigenvalue weighted by molar-refractivity contribution is 7.92. The molecule has 20 heavy (non-hydrogen) atoms. The van der Waals surface area contributed by atoms with Crippen LogP contribution >= 0.6 is 11.6 Å². The van der Waals surface area contributed by atoms with Crippen LogP contribution in [0.1, 0.15) is 0 Å². The molecule has 0 aliphatic heterocycles. The van der Waals surface area contributed by atoms with Gasteiger partial charge in [-0.15, -0.1) is 0 Å². The highest BCUT2D eigenvalue weighted by Gasteiger charge is 2.18. The van der Waals surface area contributed by atoms with E-state index in [0.717, 1.165) is 18.5 Å². The molecule has 1 aromatic carbocycles. The van der Waals surface area contributed by atoms with Crippen molar-refractivity contribution in [1.29, 1.82) is 0 Å². The molecule has 7 nitrogen and oxygen atoms in total. The highest BCUT2D eigenvalue weighted by Crippen LogP contribution is 2.27. The van der Waals surface area contributed by atoms with Gasteiger partial charge in [0.15, 0.2) is 9.84 Å². The van der Waals surface area contributed by atoms with Gasteiger partial charge < -0.3 is 0 Å². The zero-order valence-electron chi connectivity index (χ0n) is 10.2. The number of sulfone groups is 1. The molecule has 2 N–H and O–H groups in total. The van der Waals surface area contributed by atoms with Crippen LogP contribution in [0.2, 0.25) is 5.02 Å². The summed E-state index contributed by atoms with van der Waals surface area (Å²) < 4.78 is 49.1. The molecule has 0 aliphatic carbocycles. The van der Waals surface area contributed by atoms with Crippen molar-refractivity contribution in [2.45, 2.75) is 9.79 Å². The van der Waals surface area contributed by atoms with E-state index < -0.39 is 19.9 Å². The third-order valence-corrected chi connectivity index (χ3v) is 5.17. The van der Waals surface area contributed by atoms with Crippen LogP contribution < -0.4 is 4.72 Å². The number of benzene rings is 1. The molecule has 0 radical (unpaired) electrons. The maximum absolute atomic E-state index is 12.0. The van der Waals surface area contributed by atoms with Crippen LogP contribution in [-0.2, 0) is 19.9 Å². The Labute approximate surface area is 120 Å². The zero-order valence-corrected chi connectivity index (χ0v) is 12.6. The summed E-state index contributed by atoms with van der Waals surface area (Å²) in [6, 6.07) is 3.77. The number of anilines is 1. The van der Waals surface area contributed by atoms with Crippen molar-refractivity contribution < 1.29 is 16.8 Å². The number of rotatable bonds is 4. The molecule has 0 bridgehead atoms. The summed E-state index contributed by atoms with van der Waals surface area (Å²) in [4.78, 5) is -0.120. The Bertz CT molecular complexity index is 829. The molecule has 0 unspecified atom stereocenters. The van der Waals surface area contributed by atoms with Crippen LogP contribution in [0.15, 0.2) is 40.4 Å². The van der Waals surface area contributed by atoms with E-state index in [1.54, 1.807) is 0 Å². The molecule has 0 atom stereocenters.